The van der Waals surface area contributed by atoms with Crippen molar-refractivity contribution in [3.05, 3.63) is 65.5 Å². The van der Waals surface area contributed by atoms with Gasteiger partial charge in [0.05, 0.1) is 0 Å². The van der Waals surface area contributed by atoms with E-state index in [0.717, 1.165) is 5.69 Å². The largest absolute Gasteiger partial charge is 0.313 e. The Bertz CT molecular complexity index is 550. The van der Waals surface area contributed by atoms with Crippen LogP contribution in [0.5, 0.6) is 0 Å². The number of hydrogen-bond donors (Lipinski definition) is 1. The Morgan fingerprint density at radius 2 is 1.95 bits per heavy atom. The van der Waals surface area contributed by atoms with Gasteiger partial charge in [-0.2, -0.15) is 0 Å². The Kier molecular flexibility index (Phi) is 3.34. The Morgan fingerprint density at radius 3 is 2.63 bits per heavy atom. The predicted octanol–water partition coefficient (Wildman–Crippen LogP) is 3.45. The molecule has 0 aliphatic heterocycles. The van der Waals surface area contributed by atoms with Crippen molar-refractivity contribution in [3.8, 4) is 0 Å². The number of pyridine rings is 1. The molecule has 1 saturated carbocycles. The molecule has 0 bridgehead atoms. The van der Waals surface area contributed by atoms with Gasteiger partial charge in [-0.15, -0.1) is 0 Å². The van der Waals surface area contributed by atoms with Crippen molar-refractivity contribution in [1.82, 2.24) is 10.3 Å². The van der Waals surface area contributed by atoms with Crippen molar-refractivity contribution in [2.45, 2.75) is 25.3 Å². The quantitative estimate of drug-likeness (QED) is 0.901. The zero-order valence-corrected chi connectivity index (χ0v) is 11.5. The van der Waals surface area contributed by atoms with E-state index in [2.05, 4.69) is 60.7 Å². The Balaban J connectivity index is 1.81. The molecule has 3 rings (SSSR count). The highest BCUT2D eigenvalue weighted by Crippen LogP contribution is 2.54. The molecule has 1 fully saturated rings. The predicted molar refractivity (Wildman–Crippen MR) is 78.1 cm³/mol. The number of hydrogen-bond acceptors (Lipinski definition) is 2. The summed E-state index contributed by atoms with van der Waals surface area (Å²) in [5, 5.41) is 3.48. The van der Waals surface area contributed by atoms with Gasteiger partial charge in [0, 0.05) is 17.9 Å². The van der Waals surface area contributed by atoms with E-state index >= 15 is 0 Å². The van der Waals surface area contributed by atoms with Gasteiger partial charge in [0.1, 0.15) is 0 Å². The van der Waals surface area contributed by atoms with Gasteiger partial charge in [-0.3, -0.25) is 4.98 Å². The van der Waals surface area contributed by atoms with E-state index in [1.807, 2.05) is 12.3 Å². The fourth-order valence-corrected chi connectivity index (χ4v) is 3.09. The van der Waals surface area contributed by atoms with Crippen molar-refractivity contribution in [1.29, 1.82) is 0 Å². The first-order valence-electron chi connectivity index (χ1n) is 6.95. The van der Waals surface area contributed by atoms with Crippen molar-refractivity contribution >= 4 is 0 Å². The summed E-state index contributed by atoms with van der Waals surface area (Å²) in [5.74, 6) is 1.38. The molecular weight excluding hydrogens is 232 g/mol. The van der Waals surface area contributed by atoms with Gasteiger partial charge in [0.15, 0.2) is 0 Å². The molecule has 0 spiro atoms. The minimum atomic E-state index is 0.416. The highest BCUT2D eigenvalue weighted by Gasteiger charge is 2.44. The van der Waals surface area contributed by atoms with Crippen molar-refractivity contribution in [2.75, 3.05) is 7.05 Å². The SMILES string of the molecule is CNC(c1cccnc1C)C1CC1c1ccccc1. The molecule has 1 aliphatic rings. The van der Waals surface area contributed by atoms with E-state index in [0.29, 0.717) is 17.9 Å². The summed E-state index contributed by atoms with van der Waals surface area (Å²) in [6.07, 6.45) is 3.14. The summed E-state index contributed by atoms with van der Waals surface area (Å²) in [5.41, 5.74) is 3.95. The highest BCUT2D eigenvalue weighted by atomic mass is 14.9. The van der Waals surface area contributed by atoms with Gasteiger partial charge >= 0.3 is 0 Å². The molecular formula is C17H20N2. The summed E-state index contributed by atoms with van der Waals surface area (Å²) in [4.78, 5) is 4.42. The van der Waals surface area contributed by atoms with Gasteiger partial charge in [-0.25, -0.2) is 0 Å². The third-order valence-corrected chi connectivity index (χ3v) is 4.19. The molecule has 2 aromatic rings. The van der Waals surface area contributed by atoms with Crippen LogP contribution in [0, 0.1) is 12.8 Å². The van der Waals surface area contributed by atoms with E-state index in [1.165, 1.54) is 17.5 Å². The third kappa shape index (κ3) is 2.41. The first-order valence-corrected chi connectivity index (χ1v) is 6.95. The van der Waals surface area contributed by atoms with E-state index in [4.69, 9.17) is 0 Å². The van der Waals surface area contributed by atoms with Crippen LogP contribution in [0.1, 0.15) is 35.2 Å². The lowest BCUT2D eigenvalue weighted by Gasteiger charge is -2.18. The lowest BCUT2D eigenvalue weighted by atomic mass is 9.98. The Hall–Kier alpha value is -1.67. The van der Waals surface area contributed by atoms with Gasteiger partial charge in [-0.05, 0) is 49.4 Å². The molecule has 2 nitrogen and oxygen atoms in total. The number of rotatable bonds is 4. The van der Waals surface area contributed by atoms with Crippen LogP contribution < -0.4 is 5.32 Å². The van der Waals surface area contributed by atoms with Gasteiger partial charge in [0.2, 0.25) is 0 Å². The molecule has 0 radical (unpaired) electrons. The minimum Gasteiger partial charge on any atom is -0.313 e. The summed E-state index contributed by atoms with van der Waals surface area (Å²) in [6.45, 7) is 2.10. The van der Waals surface area contributed by atoms with Crippen molar-refractivity contribution in [3.63, 3.8) is 0 Å². The fourth-order valence-electron chi connectivity index (χ4n) is 3.09. The summed E-state index contributed by atoms with van der Waals surface area (Å²) in [6, 6.07) is 15.5. The molecule has 19 heavy (non-hydrogen) atoms. The van der Waals surface area contributed by atoms with Gasteiger partial charge in [0.25, 0.3) is 0 Å². The maximum Gasteiger partial charge on any atom is 0.0420 e. The first kappa shape index (κ1) is 12.4. The maximum absolute atomic E-state index is 4.42. The molecule has 1 aliphatic carbocycles. The highest BCUT2D eigenvalue weighted by molar-refractivity contribution is 5.31. The monoisotopic (exact) mass is 252 g/mol. The second kappa shape index (κ2) is 5.14. The molecule has 1 heterocycles. The third-order valence-electron chi connectivity index (χ3n) is 4.19. The molecule has 98 valence electrons. The summed E-state index contributed by atoms with van der Waals surface area (Å²) < 4.78 is 0. The minimum absolute atomic E-state index is 0.416. The van der Waals surface area contributed by atoms with Gasteiger partial charge in [-0.1, -0.05) is 36.4 Å². The van der Waals surface area contributed by atoms with Crippen molar-refractivity contribution in [2.24, 2.45) is 5.92 Å². The van der Waals surface area contributed by atoms with E-state index in [1.54, 1.807) is 0 Å². The Labute approximate surface area is 114 Å². The number of aryl methyl sites for hydroxylation is 1. The second-order valence-electron chi connectivity index (χ2n) is 5.36. The summed E-state index contributed by atoms with van der Waals surface area (Å²) >= 11 is 0. The van der Waals surface area contributed by atoms with E-state index in [9.17, 15) is 0 Å². The molecule has 0 saturated heterocycles. The zero-order chi connectivity index (χ0) is 13.2. The normalized spacial score (nSPS) is 23.1. The van der Waals surface area contributed by atoms with E-state index in [-0.39, 0.29) is 0 Å². The van der Waals surface area contributed by atoms with Crippen LogP contribution in [0.4, 0.5) is 0 Å². The van der Waals surface area contributed by atoms with Crippen LogP contribution in [0.25, 0.3) is 0 Å². The standard InChI is InChI=1S/C17H20N2/c1-12-14(9-6-10-19-12)17(18-2)16-11-15(16)13-7-4-3-5-8-13/h3-10,15-18H,11H2,1-2H3. The Morgan fingerprint density at radius 1 is 1.16 bits per heavy atom. The topological polar surface area (TPSA) is 24.9 Å². The molecule has 1 aromatic carbocycles. The molecule has 1 aromatic heterocycles. The van der Waals surface area contributed by atoms with Crippen LogP contribution in [0.3, 0.4) is 0 Å². The number of nitrogens with zero attached hydrogens (tertiary/aromatic N) is 1. The second-order valence-corrected chi connectivity index (χ2v) is 5.36. The molecule has 3 unspecified atom stereocenters. The first-order chi connectivity index (χ1) is 9.31. The van der Waals surface area contributed by atoms with Crippen LogP contribution in [0.15, 0.2) is 48.7 Å². The van der Waals surface area contributed by atoms with Crippen LogP contribution in [0.2, 0.25) is 0 Å². The van der Waals surface area contributed by atoms with E-state index < -0.39 is 0 Å². The number of benzene rings is 1. The maximum atomic E-state index is 4.42. The molecule has 2 heteroatoms. The average Bonchev–Trinajstić information content (AvgIpc) is 3.23. The fraction of sp³-hybridized carbons (Fsp3) is 0.353. The van der Waals surface area contributed by atoms with Gasteiger partial charge < -0.3 is 5.32 Å². The number of aromatic nitrogens is 1. The summed E-state index contributed by atoms with van der Waals surface area (Å²) in [7, 11) is 2.05. The van der Waals surface area contributed by atoms with Crippen LogP contribution >= 0.6 is 0 Å². The zero-order valence-electron chi connectivity index (χ0n) is 11.5. The van der Waals surface area contributed by atoms with Crippen LogP contribution in [-0.4, -0.2) is 12.0 Å². The molecule has 3 atom stereocenters. The van der Waals surface area contributed by atoms with Crippen LogP contribution in [-0.2, 0) is 0 Å². The van der Waals surface area contributed by atoms with Crippen molar-refractivity contribution < 1.29 is 0 Å². The lowest BCUT2D eigenvalue weighted by molar-refractivity contribution is 0.513. The number of nitrogens with one attached hydrogen (secondary N) is 1. The molecule has 0 amide bonds. The smallest absolute Gasteiger partial charge is 0.0420 e. The average molecular weight is 252 g/mol. The molecule has 1 N–H and O–H groups in total. The lowest BCUT2D eigenvalue weighted by Crippen LogP contribution is -2.20.